The van der Waals surface area contributed by atoms with Crippen molar-refractivity contribution in [1.82, 2.24) is 0 Å². The van der Waals surface area contributed by atoms with E-state index in [1.165, 1.54) is 32.1 Å². The minimum atomic E-state index is 0. The predicted octanol–water partition coefficient (Wildman–Crippen LogP) is 2.15. The van der Waals surface area contributed by atoms with Gasteiger partial charge in [0.1, 0.15) is 0 Å². The molecule has 0 bridgehead atoms. The Bertz CT molecular complexity index is 19.7. The molecule has 0 heterocycles. The van der Waals surface area contributed by atoms with E-state index in [2.05, 4.69) is 6.42 Å². The Morgan fingerprint density at radius 2 is 1.43 bits per heavy atom. The molecule has 1 heteroatoms. The third-order valence-corrected chi connectivity index (χ3v) is 1.32. The summed E-state index contributed by atoms with van der Waals surface area (Å²) in [6.45, 7) is 0. The monoisotopic (exact) mass is 173 g/mol. The molecule has 0 saturated heterocycles. The molecule has 0 aliphatic heterocycles. The van der Waals surface area contributed by atoms with Gasteiger partial charge < -0.3 is 0 Å². The average molecular weight is 174 g/mol. The second-order valence-corrected chi connectivity index (χ2v) is 1.93. The molecule has 0 aromatic rings. The molecule has 0 aromatic heterocycles. The molecule has 1 rings (SSSR count). The first-order valence-electron chi connectivity index (χ1n) is 2.82. The van der Waals surface area contributed by atoms with E-state index < -0.39 is 0 Å². The Morgan fingerprint density at radius 1 is 0.857 bits per heavy atom. The summed E-state index contributed by atoms with van der Waals surface area (Å²) in [6, 6.07) is 0. The first-order chi connectivity index (χ1) is 3.00. The van der Waals surface area contributed by atoms with Crippen molar-refractivity contribution in [3.8, 4) is 0 Å². The molecule has 1 radical (unpaired) electrons. The third kappa shape index (κ3) is 3.46. The first-order valence-corrected chi connectivity index (χ1v) is 2.82. The second kappa shape index (κ2) is 5.03. The Balaban J connectivity index is 0.000000360. The summed E-state index contributed by atoms with van der Waals surface area (Å²) in [4.78, 5) is 0. The Morgan fingerprint density at radius 3 is 1.57 bits per heavy atom. The van der Waals surface area contributed by atoms with Crippen LogP contribution in [0.2, 0.25) is 0 Å². The SMILES string of the molecule is [CH]1CCCCC1.[Zr]. The fourth-order valence-corrected chi connectivity index (χ4v) is 0.898. The van der Waals surface area contributed by atoms with Crippen LogP contribution in [0.25, 0.3) is 0 Å². The summed E-state index contributed by atoms with van der Waals surface area (Å²) < 4.78 is 0. The van der Waals surface area contributed by atoms with Gasteiger partial charge in [-0.25, -0.2) is 0 Å². The molecule has 0 nitrogen and oxygen atoms in total. The van der Waals surface area contributed by atoms with E-state index in [1.54, 1.807) is 0 Å². The maximum absolute atomic E-state index is 2.39. The largest absolute Gasteiger partial charge is 0.0533 e. The Labute approximate surface area is 64.8 Å². The summed E-state index contributed by atoms with van der Waals surface area (Å²) in [5.41, 5.74) is 0. The van der Waals surface area contributed by atoms with Crippen LogP contribution in [0.4, 0.5) is 0 Å². The summed E-state index contributed by atoms with van der Waals surface area (Å²) in [5, 5.41) is 0. The molecule has 0 N–H and O–H groups in total. The Kier molecular flexibility index (Phi) is 5.66. The van der Waals surface area contributed by atoms with Crippen LogP contribution < -0.4 is 0 Å². The molecule has 1 saturated carbocycles. The zero-order valence-corrected chi connectivity index (χ0v) is 7.07. The van der Waals surface area contributed by atoms with Gasteiger partial charge in [-0.3, -0.25) is 0 Å². The van der Waals surface area contributed by atoms with Gasteiger partial charge in [-0.1, -0.05) is 32.1 Å². The van der Waals surface area contributed by atoms with Gasteiger partial charge in [-0.15, -0.1) is 0 Å². The maximum atomic E-state index is 2.39. The van der Waals surface area contributed by atoms with Gasteiger partial charge >= 0.3 is 0 Å². The van der Waals surface area contributed by atoms with Crippen molar-refractivity contribution >= 4 is 0 Å². The van der Waals surface area contributed by atoms with Crippen LogP contribution in [0, 0.1) is 6.42 Å². The summed E-state index contributed by atoms with van der Waals surface area (Å²) in [5.74, 6) is 0. The van der Waals surface area contributed by atoms with Crippen LogP contribution in [0.15, 0.2) is 0 Å². The van der Waals surface area contributed by atoms with E-state index >= 15 is 0 Å². The van der Waals surface area contributed by atoms with Gasteiger partial charge in [0.2, 0.25) is 0 Å². The first kappa shape index (κ1) is 7.88. The van der Waals surface area contributed by atoms with Gasteiger partial charge in [0.05, 0.1) is 0 Å². The average Bonchev–Trinajstić information content (AvgIpc) is 1.72. The van der Waals surface area contributed by atoms with Gasteiger partial charge in [-0.2, -0.15) is 0 Å². The van der Waals surface area contributed by atoms with E-state index in [4.69, 9.17) is 0 Å². The molecule has 39 valence electrons. The fraction of sp³-hybridized carbons (Fsp3) is 0.833. The zero-order chi connectivity index (χ0) is 4.24. The molecule has 0 spiro atoms. The van der Waals surface area contributed by atoms with Gasteiger partial charge in [0, 0.05) is 26.2 Å². The fourth-order valence-electron chi connectivity index (χ4n) is 0.898. The van der Waals surface area contributed by atoms with Crippen molar-refractivity contribution in [2.75, 3.05) is 0 Å². The molecule has 1 aliphatic carbocycles. The van der Waals surface area contributed by atoms with Crippen molar-refractivity contribution in [3.05, 3.63) is 6.42 Å². The van der Waals surface area contributed by atoms with Crippen LogP contribution in [0.5, 0.6) is 0 Å². The molecule has 0 unspecified atom stereocenters. The van der Waals surface area contributed by atoms with Crippen LogP contribution in [0.1, 0.15) is 32.1 Å². The van der Waals surface area contributed by atoms with Crippen molar-refractivity contribution < 1.29 is 26.2 Å². The quantitative estimate of drug-likeness (QED) is 0.528. The van der Waals surface area contributed by atoms with Crippen molar-refractivity contribution in [2.24, 2.45) is 0 Å². The summed E-state index contributed by atoms with van der Waals surface area (Å²) in [6.07, 6.45) is 9.50. The minimum absolute atomic E-state index is 0. The number of hydrogen-bond acceptors (Lipinski definition) is 0. The molecule has 1 fully saturated rings. The van der Waals surface area contributed by atoms with E-state index in [0.717, 1.165) is 0 Å². The van der Waals surface area contributed by atoms with E-state index in [-0.39, 0.29) is 26.2 Å². The van der Waals surface area contributed by atoms with E-state index in [9.17, 15) is 0 Å². The van der Waals surface area contributed by atoms with Crippen molar-refractivity contribution in [2.45, 2.75) is 32.1 Å². The topological polar surface area (TPSA) is 0 Å². The number of rotatable bonds is 0. The third-order valence-electron chi connectivity index (χ3n) is 1.32. The molecule has 0 aromatic carbocycles. The molecule has 1 aliphatic rings. The predicted molar refractivity (Wildman–Crippen MR) is 27.4 cm³/mol. The van der Waals surface area contributed by atoms with E-state index in [0.29, 0.717) is 0 Å². The van der Waals surface area contributed by atoms with Crippen molar-refractivity contribution in [3.63, 3.8) is 0 Å². The minimum Gasteiger partial charge on any atom is -0.0533 e. The van der Waals surface area contributed by atoms with Crippen LogP contribution in [-0.4, -0.2) is 0 Å². The number of hydrogen-bond donors (Lipinski definition) is 0. The van der Waals surface area contributed by atoms with Crippen LogP contribution in [0.3, 0.4) is 0 Å². The normalized spacial score (nSPS) is 20.6. The maximum Gasteiger partial charge on any atom is 0 e. The smallest absolute Gasteiger partial charge is 0 e. The van der Waals surface area contributed by atoms with Crippen molar-refractivity contribution in [1.29, 1.82) is 0 Å². The standard InChI is InChI=1S/C6H11.Zr/c1-2-4-6-5-3-1;/h1H,2-6H2;. The summed E-state index contributed by atoms with van der Waals surface area (Å²) >= 11 is 0. The van der Waals surface area contributed by atoms with E-state index in [1.807, 2.05) is 0 Å². The van der Waals surface area contributed by atoms with Gasteiger partial charge in [0.25, 0.3) is 0 Å². The summed E-state index contributed by atoms with van der Waals surface area (Å²) in [7, 11) is 0. The molecular formula is C6H11Zr. The van der Waals surface area contributed by atoms with Crippen LogP contribution >= 0.6 is 0 Å². The molecular weight excluding hydrogens is 163 g/mol. The van der Waals surface area contributed by atoms with Gasteiger partial charge in [0.15, 0.2) is 0 Å². The second-order valence-electron chi connectivity index (χ2n) is 1.93. The molecule has 0 atom stereocenters. The Hall–Kier alpha value is 0.883. The van der Waals surface area contributed by atoms with Crippen LogP contribution in [-0.2, 0) is 26.2 Å². The zero-order valence-electron chi connectivity index (χ0n) is 4.61. The van der Waals surface area contributed by atoms with Gasteiger partial charge in [-0.05, 0) is 6.42 Å². The molecule has 7 heavy (non-hydrogen) atoms. The molecule has 0 amide bonds.